The van der Waals surface area contributed by atoms with Crippen molar-refractivity contribution >= 4 is 0 Å². The molecule has 0 spiro atoms. The summed E-state index contributed by atoms with van der Waals surface area (Å²) in [7, 11) is 1.97. The smallest absolute Gasteiger partial charge is 0.0558 e. The first kappa shape index (κ1) is 10.9. The summed E-state index contributed by atoms with van der Waals surface area (Å²) in [5.41, 5.74) is 0. The van der Waals surface area contributed by atoms with E-state index in [1.165, 1.54) is 0 Å². The molecule has 0 rings (SSSR count). The summed E-state index contributed by atoms with van der Waals surface area (Å²) in [6.45, 7) is 3.68. The molecule has 0 amide bonds. The summed E-state index contributed by atoms with van der Waals surface area (Å²) < 4.78 is 0. The number of aliphatic hydroxyl groups excluding tert-OH is 2. The van der Waals surface area contributed by atoms with Crippen LogP contribution >= 0.6 is 0 Å². The Morgan fingerprint density at radius 2 is 2.00 bits per heavy atom. The zero-order valence-electron chi connectivity index (χ0n) is 7.45. The predicted molar refractivity (Wildman–Crippen MR) is 45.5 cm³/mol. The van der Waals surface area contributed by atoms with Gasteiger partial charge in [0.25, 0.3) is 0 Å². The summed E-state index contributed by atoms with van der Waals surface area (Å²) in [4.78, 5) is 2.06. The molecule has 0 aliphatic rings. The van der Waals surface area contributed by atoms with Crippen LogP contribution in [-0.2, 0) is 0 Å². The zero-order valence-corrected chi connectivity index (χ0v) is 7.45. The van der Waals surface area contributed by atoms with Gasteiger partial charge in [-0.15, -0.1) is 0 Å². The Kier molecular flexibility index (Phi) is 6.51. The van der Waals surface area contributed by atoms with Crippen molar-refractivity contribution in [2.24, 2.45) is 0 Å². The molecular weight excluding hydrogens is 142 g/mol. The number of nitrogens with zero attached hydrogens (tertiary/aromatic N) is 1. The molecule has 0 aromatic carbocycles. The third kappa shape index (κ3) is 7.78. The highest BCUT2D eigenvalue weighted by Crippen LogP contribution is 1.96. The number of aliphatic hydroxyl groups is 2. The number of hydrogen-bond donors (Lipinski definition) is 2. The summed E-state index contributed by atoms with van der Waals surface area (Å²) in [5, 5.41) is 17.5. The molecule has 11 heavy (non-hydrogen) atoms. The van der Waals surface area contributed by atoms with Gasteiger partial charge in [0.2, 0.25) is 0 Å². The van der Waals surface area contributed by atoms with Crippen molar-refractivity contribution in [1.82, 2.24) is 4.90 Å². The molecule has 0 aliphatic carbocycles. The topological polar surface area (TPSA) is 43.7 Å². The highest BCUT2D eigenvalue weighted by molar-refractivity contribution is 4.53. The third-order valence-corrected chi connectivity index (χ3v) is 1.64. The first-order valence-corrected chi connectivity index (χ1v) is 4.14. The van der Waals surface area contributed by atoms with Crippen molar-refractivity contribution in [2.45, 2.75) is 25.9 Å². The third-order valence-electron chi connectivity index (χ3n) is 1.64. The van der Waals surface area contributed by atoms with Gasteiger partial charge in [-0.05, 0) is 33.4 Å². The predicted octanol–water partition coefficient (Wildman–Crippen LogP) is 0.0715. The second kappa shape index (κ2) is 6.58. The van der Waals surface area contributed by atoms with Crippen molar-refractivity contribution < 1.29 is 10.2 Å². The normalized spacial score (nSPS) is 13.9. The van der Waals surface area contributed by atoms with Gasteiger partial charge < -0.3 is 15.1 Å². The Morgan fingerprint density at radius 1 is 1.36 bits per heavy atom. The number of likely N-dealkylation sites (N-methyl/N-ethyl adjacent to an activating group) is 1. The van der Waals surface area contributed by atoms with E-state index in [9.17, 15) is 0 Å². The fraction of sp³-hybridized carbons (Fsp3) is 1.00. The Labute approximate surface area is 68.6 Å². The van der Waals surface area contributed by atoms with Crippen molar-refractivity contribution in [3.63, 3.8) is 0 Å². The second-order valence-corrected chi connectivity index (χ2v) is 3.02. The maximum absolute atomic E-state index is 8.93. The summed E-state index contributed by atoms with van der Waals surface area (Å²) in [6.07, 6.45) is 1.64. The molecule has 0 radical (unpaired) electrons. The maximum Gasteiger partial charge on any atom is 0.0558 e. The van der Waals surface area contributed by atoms with Crippen LogP contribution in [0, 0.1) is 0 Å². The molecule has 0 aromatic rings. The van der Waals surface area contributed by atoms with Crippen molar-refractivity contribution in [3.8, 4) is 0 Å². The monoisotopic (exact) mass is 161 g/mol. The molecule has 1 unspecified atom stereocenters. The molecule has 3 nitrogen and oxygen atoms in total. The molecule has 0 saturated carbocycles. The van der Waals surface area contributed by atoms with Gasteiger partial charge in [-0.3, -0.25) is 0 Å². The number of hydrogen-bond acceptors (Lipinski definition) is 3. The molecule has 0 heterocycles. The second-order valence-electron chi connectivity index (χ2n) is 3.02. The first-order valence-electron chi connectivity index (χ1n) is 4.14. The van der Waals surface area contributed by atoms with E-state index in [1.807, 2.05) is 7.05 Å². The Balaban J connectivity index is 3.10. The lowest BCUT2D eigenvalue weighted by molar-refractivity contribution is 0.169. The minimum Gasteiger partial charge on any atom is -0.395 e. The summed E-state index contributed by atoms with van der Waals surface area (Å²) >= 11 is 0. The number of rotatable bonds is 6. The van der Waals surface area contributed by atoms with Crippen LogP contribution in [0.1, 0.15) is 19.8 Å². The van der Waals surface area contributed by atoms with Crippen LogP contribution in [0.15, 0.2) is 0 Å². The van der Waals surface area contributed by atoms with E-state index in [0.29, 0.717) is 0 Å². The molecule has 0 aromatic heterocycles. The fourth-order valence-electron chi connectivity index (χ4n) is 0.939. The largest absolute Gasteiger partial charge is 0.395 e. The van der Waals surface area contributed by atoms with E-state index in [0.717, 1.165) is 25.9 Å². The Morgan fingerprint density at radius 3 is 2.45 bits per heavy atom. The molecule has 68 valence electrons. The summed E-state index contributed by atoms with van der Waals surface area (Å²) in [5.74, 6) is 0. The van der Waals surface area contributed by atoms with Crippen LogP contribution in [0.25, 0.3) is 0 Å². The average molecular weight is 161 g/mol. The van der Waals surface area contributed by atoms with Crippen LogP contribution in [0.4, 0.5) is 0 Å². The minimum absolute atomic E-state index is 0.197. The van der Waals surface area contributed by atoms with E-state index in [-0.39, 0.29) is 12.7 Å². The van der Waals surface area contributed by atoms with Crippen LogP contribution in [-0.4, -0.2) is 48.0 Å². The average Bonchev–Trinajstić information content (AvgIpc) is 1.87. The van der Waals surface area contributed by atoms with Gasteiger partial charge >= 0.3 is 0 Å². The quantitative estimate of drug-likeness (QED) is 0.579. The van der Waals surface area contributed by atoms with Crippen molar-refractivity contribution in [3.05, 3.63) is 0 Å². The lowest BCUT2D eigenvalue weighted by Crippen LogP contribution is -2.23. The van der Waals surface area contributed by atoms with Gasteiger partial charge in [0.05, 0.1) is 12.7 Å². The first-order chi connectivity index (χ1) is 5.16. The molecule has 0 bridgehead atoms. The standard InChI is InChI=1S/C8H19NO2/c1-8(11)4-3-5-9(2)6-7-10/h8,10-11H,3-7H2,1-2H3. The molecule has 0 saturated heterocycles. The van der Waals surface area contributed by atoms with Gasteiger partial charge in [0.15, 0.2) is 0 Å². The van der Waals surface area contributed by atoms with Crippen molar-refractivity contribution in [1.29, 1.82) is 0 Å². The lowest BCUT2D eigenvalue weighted by Gasteiger charge is -2.14. The molecule has 0 aliphatic heterocycles. The van der Waals surface area contributed by atoms with Crippen LogP contribution < -0.4 is 0 Å². The molecule has 2 N–H and O–H groups in total. The minimum atomic E-state index is -0.197. The molecule has 1 atom stereocenters. The van der Waals surface area contributed by atoms with Gasteiger partial charge in [-0.25, -0.2) is 0 Å². The van der Waals surface area contributed by atoms with Crippen LogP contribution in [0.5, 0.6) is 0 Å². The van der Waals surface area contributed by atoms with Gasteiger partial charge in [-0.1, -0.05) is 0 Å². The van der Waals surface area contributed by atoms with Crippen LogP contribution in [0.2, 0.25) is 0 Å². The van der Waals surface area contributed by atoms with E-state index < -0.39 is 0 Å². The van der Waals surface area contributed by atoms with E-state index in [1.54, 1.807) is 6.92 Å². The highest BCUT2D eigenvalue weighted by atomic mass is 16.3. The van der Waals surface area contributed by atoms with Gasteiger partial charge in [-0.2, -0.15) is 0 Å². The molecular formula is C8H19NO2. The van der Waals surface area contributed by atoms with E-state index in [2.05, 4.69) is 4.90 Å². The van der Waals surface area contributed by atoms with Crippen molar-refractivity contribution in [2.75, 3.05) is 26.7 Å². The van der Waals surface area contributed by atoms with E-state index in [4.69, 9.17) is 10.2 Å². The fourth-order valence-corrected chi connectivity index (χ4v) is 0.939. The molecule has 0 fully saturated rings. The van der Waals surface area contributed by atoms with Gasteiger partial charge in [0, 0.05) is 6.54 Å². The lowest BCUT2D eigenvalue weighted by atomic mass is 10.2. The summed E-state index contributed by atoms with van der Waals surface area (Å²) in [6, 6.07) is 0. The van der Waals surface area contributed by atoms with Gasteiger partial charge in [0.1, 0.15) is 0 Å². The maximum atomic E-state index is 8.93. The Bertz CT molecular complexity index is 86.2. The Hall–Kier alpha value is -0.120. The van der Waals surface area contributed by atoms with Crippen LogP contribution in [0.3, 0.4) is 0 Å². The highest BCUT2D eigenvalue weighted by Gasteiger charge is 1.98. The molecule has 3 heteroatoms. The SMILES string of the molecule is CC(O)CCCN(C)CCO. The van der Waals surface area contributed by atoms with E-state index >= 15 is 0 Å². The zero-order chi connectivity index (χ0) is 8.69.